The number of rotatable bonds is 3. The van der Waals surface area contributed by atoms with Gasteiger partial charge in [0.1, 0.15) is 0 Å². The molecule has 0 N–H and O–H groups in total. The van der Waals surface area contributed by atoms with Crippen molar-refractivity contribution in [3.05, 3.63) is 35.4 Å². The van der Waals surface area contributed by atoms with Gasteiger partial charge in [-0.05, 0) is 37.0 Å². The van der Waals surface area contributed by atoms with Crippen LogP contribution in [0, 0.1) is 11.3 Å². The molecular weight excluding hydrogens is 174 g/mol. The van der Waals surface area contributed by atoms with Crippen molar-refractivity contribution in [1.82, 2.24) is 0 Å². The lowest BCUT2D eigenvalue weighted by atomic mass is 9.96. The van der Waals surface area contributed by atoms with Crippen molar-refractivity contribution < 1.29 is 4.74 Å². The van der Waals surface area contributed by atoms with Crippen LogP contribution in [0.3, 0.4) is 0 Å². The van der Waals surface area contributed by atoms with Gasteiger partial charge in [-0.3, -0.25) is 0 Å². The SMILES string of the molecule is N#Cc1cccc(COC2CCC2)c1. The quantitative estimate of drug-likeness (QED) is 0.728. The van der Waals surface area contributed by atoms with Crippen LogP contribution in [0.2, 0.25) is 0 Å². The Hall–Kier alpha value is -1.33. The highest BCUT2D eigenvalue weighted by atomic mass is 16.5. The monoisotopic (exact) mass is 187 g/mol. The molecule has 1 saturated carbocycles. The molecule has 0 heterocycles. The van der Waals surface area contributed by atoms with Gasteiger partial charge in [0, 0.05) is 0 Å². The summed E-state index contributed by atoms with van der Waals surface area (Å²) in [6.45, 7) is 0.639. The third kappa shape index (κ3) is 2.12. The van der Waals surface area contributed by atoms with Crippen LogP contribution in [-0.2, 0) is 11.3 Å². The predicted molar refractivity (Wildman–Crippen MR) is 53.6 cm³/mol. The van der Waals surface area contributed by atoms with E-state index in [1.54, 1.807) is 0 Å². The van der Waals surface area contributed by atoms with Gasteiger partial charge in [0.05, 0.1) is 24.3 Å². The lowest BCUT2D eigenvalue weighted by molar-refractivity contribution is -0.00866. The number of nitriles is 1. The van der Waals surface area contributed by atoms with Crippen molar-refractivity contribution in [2.75, 3.05) is 0 Å². The Morgan fingerprint density at radius 1 is 1.43 bits per heavy atom. The molecule has 0 unspecified atom stereocenters. The van der Waals surface area contributed by atoms with Crippen molar-refractivity contribution in [3.8, 4) is 6.07 Å². The molecule has 2 heteroatoms. The van der Waals surface area contributed by atoms with Gasteiger partial charge in [0.2, 0.25) is 0 Å². The molecule has 1 fully saturated rings. The third-order valence-electron chi connectivity index (χ3n) is 2.59. The first kappa shape index (κ1) is 9.23. The zero-order valence-corrected chi connectivity index (χ0v) is 8.07. The van der Waals surface area contributed by atoms with E-state index in [4.69, 9.17) is 10.00 Å². The maximum Gasteiger partial charge on any atom is 0.0991 e. The van der Waals surface area contributed by atoms with Crippen LogP contribution < -0.4 is 0 Å². The fourth-order valence-electron chi connectivity index (χ4n) is 1.48. The second-order valence-corrected chi connectivity index (χ2v) is 3.68. The highest BCUT2D eigenvalue weighted by Crippen LogP contribution is 2.23. The summed E-state index contributed by atoms with van der Waals surface area (Å²) in [5, 5.41) is 8.71. The second-order valence-electron chi connectivity index (χ2n) is 3.68. The van der Waals surface area contributed by atoms with Crippen molar-refractivity contribution in [3.63, 3.8) is 0 Å². The van der Waals surface area contributed by atoms with E-state index in [2.05, 4.69) is 6.07 Å². The molecule has 2 rings (SSSR count). The van der Waals surface area contributed by atoms with Crippen LogP contribution in [0.25, 0.3) is 0 Å². The fourth-order valence-corrected chi connectivity index (χ4v) is 1.48. The number of ether oxygens (including phenoxy) is 1. The highest BCUT2D eigenvalue weighted by molar-refractivity contribution is 5.32. The minimum Gasteiger partial charge on any atom is -0.374 e. The molecule has 72 valence electrons. The first-order chi connectivity index (χ1) is 6.88. The third-order valence-corrected chi connectivity index (χ3v) is 2.59. The summed E-state index contributed by atoms with van der Waals surface area (Å²) >= 11 is 0. The summed E-state index contributed by atoms with van der Waals surface area (Å²) in [5.74, 6) is 0. The normalized spacial score (nSPS) is 15.9. The molecule has 0 atom stereocenters. The van der Waals surface area contributed by atoms with E-state index in [9.17, 15) is 0 Å². The van der Waals surface area contributed by atoms with E-state index in [-0.39, 0.29) is 0 Å². The molecule has 1 aromatic rings. The molecule has 0 amide bonds. The molecule has 0 aromatic heterocycles. The van der Waals surface area contributed by atoms with Gasteiger partial charge in [-0.1, -0.05) is 12.1 Å². The number of hydrogen-bond donors (Lipinski definition) is 0. The summed E-state index contributed by atoms with van der Waals surface area (Å²) in [6.07, 6.45) is 4.14. The van der Waals surface area contributed by atoms with E-state index in [0.29, 0.717) is 18.3 Å². The van der Waals surface area contributed by atoms with E-state index >= 15 is 0 Å². The zero-order valence-electron chi connectivity index (χ0n) is 8.07. The summed E-state index contributed by atoms with van der Waals surface area (Å²) in [5.41, 5.74) is 1.80. The molecule has 0 aliphatic heterocycles. The maximum atomic E-state index is 8.71. The zero-order chi connectivity index (χ0) is 9.80. The van der Waals surface area contributed by atoms with Gasteiger partial charge in [-0.25, -0.2) is 0 Å². The minimum atomic E-state index is 0.459. The van der Waals surface area contributed by atoms with Gasteiger partial charge in [-0.15, -0.1) is 0 Å². The number of nitrogens with zero attached hydrogens (tertiary/aromatic N) is 1. The topological polar surface area (TPSA) is 33.0 Å². The van der Waals surface area contributed by atoms with E-state index in [1.165, 1.54) is 19.3 Å². The predicted octanol–water partition coefficient (Wildman–Crippen LogP) is 2.63. The molecule has 0 saturated heterocycles. The van der Waals surface area contributed by atoms with Crippen molar-refractivity contribution in [2.45, 2.75) is 32.0 Å². The fraction of sp³-hybridized carbons (Fsp3) is 0.417. The molecule has 1 aliphatic carbocycles. The Kier molecular flexibility index (Phi) is 2.81. The first-order valence-corrected chi connectivity index (χ1v) is 4.99. The summed E-state index contributed by atoms with van der Waals surface area (Å²) in [6, 6.07) is 9.73. The molecule has 14 heavy (non-hydrogen) atoms. The van der Waals surface area contributed by atoms with Crippen LogP contribution in [0.5, 0.6) is 0 Å². The maximum absolute atomic E-state index is 8.71. The Bertz CT molecular complexity index is 350. The Labute approximate surface area is 84.1 Å². The summed E-state index contributed by atoms with van der Waals surface area (Å²) in [4.78, 5) is 0. The van der Waals surface area contributed by atoms with Gasteiger partial charge < -0.3 is 4.74 Å². The smallest absolute Gasteiger partial charge is 0.0991 e. The lowest BCUT2D eigenvalue weighted by Crippen LogP contribution is -2.21. The average molecular weight is 187 g/mol. The van der Waals surface area contributed by atoms with Gasteiger partial charge in [0.15, 0.2) is 0 Å². The molecule has 0 bridgehead atoms. The van der Waals surface area contributed by atoms with Crippen molar-refractivity contribution in [1.29, 1.82) is 5.26 Å². The molecular formula is C12H13NO. The number of hydrogen-bond acceptors (Lipinski definition) is 2. The van der Waals surface area contributed by atoms with Crippen molar-refractivity contribution >= 4 is 0 Å². The first-order valence-electron chi connectivity index (χ1n) is 4.99. The molecule has 1 aliphatic rings. The van der Waals surface area contributed by atoms with Crippen LogP contribution in [-0.4, -0.2) is 6.10 Å². The highest BCUT2D eigenvalue weighted by Gasteiger charge is 2.17. The van der Waals surface area contributed by atoms with E-state index in [1.807, 2.05) is 24.3 Å². The minimum absolute atomic E-state index is 0.459. The van der Waals surface area contributed by atoms with E-state index < -0.39 is 0 Å². The second kappa shape index (κ2) is 4.26. The van der Waals surface area contributed by atoms with Crippen LogP contribution in [0.4, 0.5) is 0 Å². The summed E-state index contributed by atoms with van der Waals surface area (Å²) in [7, 11) is 0. The number of benzene rings is 1. The van der Waals surface area contributed by atoms with Gasteiger partial charge >= 0.3 is 0 Å². The van der Waals surface area contributed by atoms with Crippen LogP contribution >= 0.6 is 0 Å². The Balaban J connectivity index is 1.91. The lowest BCUT2D eigenvalue weighted by Gasteiger charge is -2.25. The average Bonchev–Trinajstić information content (AvgIpc) is 2.16. The molecule has 0 spiro atoms. The Morgan fingerprint density at radius 3 is 2.93 bits per heavy atom. The van der Waals surface area contributed by atoms with Gasteiger partial charge in [-0.2, -0.15) is 5.26 Å². The molecule has 0 radical (unpaired) electrons. The van der Waals surface area contributed by atoms with Crippen LogP contribution in [0.1, 0.15) is 30.4 Å². The van der Waals surface area contributed by atoms with E-state index in [0.717, 1.165) is 5.56 Å². The largest absolute Gasteiger partial charge is 0.374 e. The standard InChI is InChI=1S/C12H13NO/c13-8-10-3-1-4-11(7-10)9-14-12-5-2-6-12/h1,3-4,7,12H,2,5-6,9H2. The van der Waals surface area contributed by atoms with Crippen LogP contribution in [0.15, 0.2) is 24.3 Å². The summed E-state index contributed by atoms with van der Waals surface area (Å²) < 4.78 is 5.65. The molecule has 2 nitrogen and oxygen atoms in total. The van der Waals surface area contributed by atoms with Crippen molar-refractivity contribution in [2.24, 2.45) is 0 Å². The molecule has 1 aromatic carbocycles. The Morgan fingerprint density at radius 2 is 2.29 bits per heavy atom. The van der Waals surface area contributed by atoms with Gasteiger partial charge in [0.25, 0.3) is 0 Å².